The molecule has 0 saturated carbocycles. The highest BCUT2D eigenvalue weighted by Crippen LogP contribution is 2.34. The average Bonchev–Trinajstić information content (AvgIpc) is 2.31. The lowest BCUT2D eigenvalue weighted by atomic mass is 9.83. The van der Waals surface area contributed by atoms with Crippen LogP contribution in [0.15, 0.2) is 12.1 Å². The number of carbonyl (C=O) groups excluding carboxylic acids is 1. The van der Waals surface area contributed by atoms with Crippen molar-refractivity contribution in [1.29, 1.82) is 0 Å². The number of aryl methyl sites for hydroxylation is 2. The van der Waals surface area contributed by atoms with E-state index in [9.17, 15) is 9.90 Å². The molecule has 0 aromatic heterocycles. The van der Waals surface area contributed by atoms with Gasteiger partial charge in [-0.3, -0.25) is 10.2 Å². The van der Waals surface area contributed by atoms with Crippen LogP contribution < -0.4 is 11.3 Å². The molecule has 1 aromatic rings. The molecule has 4 heteroatoms. The number of aromatic hydroxyl groups is 1. The van der Waals surface area contributed by atoms with Gasteiger partial charge in [0.25, 0.3) is 0 Å². The molecular formula is C15H24N2O2. The van der Waals surface area contributed by atoms with Crippen LogP contribution in [0.5, 0.6) is 5.75 Å². The molecule has 19 heavy (non-hydrogen) atoms. The largest absolute Gasteiger partial charge is 0.507 e. The van der Waals surface area contributed by atoms with E-state index in [-0.39, 0.29) is 11.3 Å². The Morgan fingerprint density at radius 2 is 2.00 bits per heavy atom. The molecule has 0 unspecified atom stereocenters. The molecule has 0 aliphatic carbocycles. The minimum atomic E-state index is -0.147. The predicted molar refractivity (Wildman–Crippen MR) is 76.8 cm³/mol. The number of benzene rings is 1. The van der Waals surface area contributed by atoms with Crippen LogP contribution in [0.4, 0.5) is 0 Å². The molecule has 0 fully saturated rings. The van der Waals surface area contributed by atoms with Gasteiger partial charge in [-0.1, -0.05) is 32.9 Å². The van der Waals surface area contributed by atoms with Crippen LogP contribution in [0.2, 0.25) is 0 Å². The maximum absolute atomic E-state index is 11.1. The molecule has 0 radical (unpaired) electrons. The highest BCUT2D eigenvalue weighted by Gasteiger charge is 2.20. The van der Waals surface area contributed by atoms with Crippen molar-refractivity contribution in [1.82, 2.24) is 5.43 Å². The third-order valence-electron chi connectivity index (χ3n) is 3.20. The summed E-state index contributed by atoms with van der Waals surface area (Å²) in [5.41, 5.74) is 5.00. The number of amides is 1. The van der Waals surface area contributed by atoms with Gasteiger partial charge in [-0.25, -0.2) is 5.84 Å². The number of nitrogens with two attached hydrogens (primary N) is 1. The highest BCUT2D eigenvalue weighted by atomic mass is 16.3. The molecular weight excluding hydrogens is 240 g/mol. The number of nitrogens with one attached hydrogen (secondary N) is 1. The van der Waals surface area contributed by atoms with Crippen LogP contribution in [0.1, 0.15) is 50.3 Å². The average molecular weight is 264 g/mol. The third kappa shape index (κ3) is 4.24. The Morgan fingerprint density at radius 3 is 2.53 bits per heavy atom. The highest BCUT2D eigenvalue weighted by molar-refractivity contribution is 5.75. The number of phenols is 1. The van der Waals surface area contributed by atoms with Gasteiger partial charge < -0.3 is 5.11 Å². The van der Waals surface area contributed by atoms with Crippen LogP contribution in [0, 0.1) is 6.92 Å². The number of hydrazine groups is 1. The summed E-state index contributed by atoms with van der Waals surface area (Å²) in [6.45, 7) is 8.13. The fourth-order valence-electron chi connectivity index (χ4n) is 2.10. The number of hydrogen-bond donors (Lipinski definition) is 3. The number of phenolic OH excluding ortho intramolecular Hbond substituents is 1. The molecule has 1 rings (SSSR count). The van der Waals surface area contributed by atoms with Crippen molar-refractivity contribution >= 4 is 5.91 Å². The monoisotopic (exact) mass is 264 g/mol. The van der Waals surface area contributed by atoms with Gasteiger partial charge >= 0.3 is 0 Å². The van der Waals surface area contributed by atoms with E-state index >= 15 is 0 Å². The van der Waals surface area contributed by atoms with Crippen molar-refractivity contribution < 1.29 is 9.90 Å². The Balaban J connectivity index is 2.86. The van der Waals surface area contributed by atoms with Gasteiger partial charge in [-0.15, -0.1) is 0 Å². The van der Waals surface area contributed by atoms with Crippen molar-refractivity contribution in [3.63, 3.8) is 0 Å². The Hall–Kier alpha value is -1.55. The van der Waals surface area contributed by atoms with Gasteiger partial charge in [0.15, 0.2) is 0 Å². The standard InChI is InChI=1S/C15H24N2O2/c1-10-8-11(6-5-7-13(18)17-16)9-12(14(10)19)15(2,3)4/h8-9,19H,5-7,16H2,1-4H3,(H,17,18). The quantitative estimate of drug-likeness (QED) is 0.444. The fourth-order valence-corrected chi connectivity index (χ4v) is 2.10. The molecule has 0 saturated heterocycles. The molecule has 0 bridgehead atoms. The van der Waals surface area contributed by atoms with E-state index in [1.807, 2.05) is 19.1 Å². The van der Waals surface area contributed by atoms with Gasteiger partial charge in [-0.2, -0.15) is 0 Å². The number of rotatable bonds is 4. The molecule has 0 heterocycles. The lowest BCUT2D eigenvalue weighted by Gasteiger charge is -2.22. The minimum absolute atomic E-state index is 0.0977. The first-order valence-corrected chi connectivity index (χ1v) is 6.58. The summed E-state index contributed by atoms with van der Waals surface area (Å²) in [6.07, 6.45) is 1.97. The molecule has 4 nitrogen and oxygen atoms in total. The van der Waals surface area contributed by atoms with Crippen LogP contribution in [0.25, 0.3) is 0 Å². The third-order valence-corrected chi connectivity index (χ3v) is 3.20. The topological polar surface area (TPSA) is 75.4 Å². The van der Waals surface area contributed by atoms with Crippen molar-refractivity contribution in [2.24, 2.45) is 5.84 Å². The van der Waals surface area contributed by atoms with Crippen molar-refractivity contribution in [2.45, 2.75) is 52.4 Å². The van der Waals surface area contributed by atoms with Crippen LogP contribution >= 0.6 is 0 Å². The predicted octanol–water partition coefficient (Wildman–Crippen LogP) is 2.31. The number of hydrogen-bond acceptors (Lipinski definition) is 3. The molecule has 0 spiro atoms. The van der Waals surface area contributed by atoms with Crippen LogP contribution in [-0.4, -0.2) is 11.0 Å². The molecule has 1 aromatic carbocycles. The van der Waals surface area contributed by atoms with Gasteiger partial charge in [0.1, 0.15) is 5.75 Å². The van der Waals surface area contributed by atoms with E-state index in [2.05, 4.69) is 26.2 Å². The molecule has 1 amide bonds. The smallest absolute Gasteiger partial charge is 0.233 e. The lowest BCUT2D eigenvalue weighted by molar-refractivity contribution is -0.121. The SMILES string of the molecule is Cc1cc(CCCC(=O)NN)cc(C(C)(C)C)c1O. The molecule has 4 N–H and O–H groups in total. The maximum Gasteiger partial charge on any atom is 0.233 e. The van der Waals surface area contributed by atoms with Gasteiger partial charge in [0.05, 0.1) is 0 Å². The molecule has 0 atom stereocenters. The fraction of sp³-hybridized carbons (Fsp3) is 0.533. The zero-order valence-electron chi connectivity index (χ0n) is 12.2. The van der Waals surface area contributed by atoms with E-state index in [1.54, 1.807) is 0 Å². The first-order chi connectivity index (χ1) is 8.75. The molecule has 106 valence electrons. The minimum Gasteiger partial charge on any atom is -0.507 e. The normalized spacial score (nSPS) is 11.4. The number of carbonyl (C=O) groups is 1. The summed E-state index contributed by atoms with van der Waals surface area (Å²) >= 11 is 0. The van der Waals surface area contributed by atoms with E-state index in [0.717, 1.165) is 29.5 Å². The first-order valence-electron chi connectivity index (χ1n) is 6.58. The lowest BCUT2D eigenvalue weighted by Crippen LogP contribution is -2.29. The summed E-state index contributed by atoms with van der Waals surface area (Å²) in [7, 11) is 0. The van der Waals surface area contributed by atoms with Crippen molar-refractivity contribution in [3.8, 4) is 5.75 Å². The Kier molecular flexibility index (Phi) is 4.95. The second kappa shape index (κ2) is 6.06. The first kappa shape index (κ1) is 15.5. The van der Waals surface area contributed by atoms with Gasteiger partial charge in [0, 0.05) is 6.42 Å². The van der Waals surface area contributed by atoms with E-state index in [4.69, 9.17) is 5.84 Å². The second-order valence-electron chi connectivity index (χ2n) is 5.98. The zero-order valence-corrected chi connectivity index (χ0v) is 12.2. The van der Waals surface area contributed by atoms with Crippen LogP contribution in [-0.2, 0) is 16.6 Å². The molecule has 0 aliphatic heterocycles. The van der Waals surface area contributed by atoms with E-state index < -0.39 is 0 Å². The van der Waals surface area contributed by atoms with Crippen molar-refractivity contribution in [2.75, 3.05) is 0 Å². The van der Waals surface area contributed by atoms with Crippen LogP contribution in [0.3, 0.4) is 0 Å². The molecule has 0 aliphatic rings. The zero-order chi connectivity index (χ0) is 14.6. The van der Waals surface area contributed by atoms with Crippen molar-refractivity contribution in [3.05, 3.63) is 28.8 Å². The Bertz CT molecular complexity index is 462. The van der Waals surface area contributed by atoms with E-state index in [1.165, 1.54) is 0 Å². The summed E-state index contributed by atoms with van der Waals surface area (Å²) in [5.74, 6) is 5.27. The summed E-state index contributed by atoms with van der Waals surface area (Å²) in [4.78, 5) is 11.1. The second-order valence-corrected chi connectivity index (χ2v) is 5.98. The Morgan fingerprint density at radius 1 is 1.37 bits per heavy atom. The summed E-state index contributed by atoms with van der Waals surface area (Å²) in [6, 6.07) is 4.01. The van der Waals surface area contributed by atoms with Gasteiger partial charge in [0.2, 0.25) is 5.91 Å². The summed E-state index contributed by atoms with van der Waals surface area (Å²) in [5, 5.41) is 10.1. The van der Waals surface area contributed by atoms with E-state index in [0.29, 0.717) is 12.2 Å². The summed E-state index contributed by atoms with van der Waals surface area (Å²) < 4.78 is 0. The maximum atomic E-state index is 11.1. The van der Waals surface area contributed by atoms with Gasteiger partial charge in [-0.05, 0) is 41.9 Å². The Labute approximate surface area is 115 Å².